The maximum absolute atomic E-state index is 12.2. The summed E-state index contributed by atoms with van der Waals surface area (Å²) in [4.78, 5) is 12.2. The van der Waals surface area contributed by atoms with E-state index in [0.717, 1.165) is 34.2 Å². The van der Waals surface area contributed by atoms with Crippen LogP contribution in [0.3, 0.4) is 0 Å². The Morgan fingerprint density at radius 1 is 0.923 bits per heavy atom. The summed E-state index contributed by atoms with van der Waals surface area (Å²) in [6.45, 7) is 4.66. The van der Waals surface area contributed by atoms with Crippen molar-refractivity contribution in [3.8, 4) is 11.5 Å². The predicted octanol–water partition coefficient (Wildman–Crippen LogP) is 4.95. The Hall–Kier alpha value is -3.01. The lowest BCUT2D eigenvalue weighted by Gasteiger charge is -2.12. The molecule has 1 N–H and O–H groups in total. The molecule has 1 amide bonds. The number of carbonyl (C=O) groups is 1. The van der Waals surface area contributed by atoms with Crippen molar-refractivity contribution < 1.29 is 14.3 Å². The minimum absolute atomic E-state index is 0.0358. The zero-order valence-electron chi connectivity index (χ0n) is 15.1. The minimum Gasteiger partial charge on any atom is -0.494 e. The van der Waals surface area contributed by atoms with Crippen LogP contribution < -0.4 is 14.8 Å². The number of hydrogen-bond donors (Lipinski definition) is 1. The third-order valence-electron chi connectivity index (χ3n) is 4.04. The Kier molecular flexibility index (Phi) is 5.74. The van der Waals surface area contributed by atoms with Crippen molar-refractivity contribution in [3.63, 3.8) is 0 Å². The third-order valence-corrected chi connectivity index (χ3v) is 4.04. The van der Waals surface area contributed by atoms with Gasteiger partial charge in [0.15, 0.2) is 6.61 Å². The van der Waals surface area contributed by atoms with E-state index in [1.54, 1.807) is 0 Å². The normalized spacial score (nSPS) is 10.5. The summed E-state index contributed by atoms with van der Waals surface area (Å²) in [5.41, 5.74) is 1.72. The number of fused-ring (bicyclic) bond motifs is 1. The Labute approximate surface area is 153 Å². The van der Waals surface area contributed by atoms with Crippen LogP contribution >= 0.6 is 0 Å². The first-order valence-corrected chi connectivity index (χ1v) is 8.80. The summed E-state index contributed by atoms with van der Waals surface area (Å²) in [5, 5.41) is 5.11. The molecule has 0 heterocycles. The average Bonchev–Trinajstić information content (AvgIpc) is 2.66. The van der Waals surface area contributed by atoms with Gasteiger partial charge in [0, 0.05) is 5.69 Å². The number of benzene rings is 3. The van der Waals surface area contributed by atoms with Crippen LogP contribution in [-0.2, 0) is 4.79 Å². The molecule has 4 nitrogen and oxygen atoms in total. The van der Waals surface area contributed by atoms with Gasteiger partial charge in [-0.3, -0.25) is 4.79 Å². The number of hydrogen-bond acceptors (Lipinski definition) is 3. The van der Waals surface area contributed by atoms with Gasteiger partial charge < -0.3 is 14.8 Å². The van der Waals surface area contributed by atoms with Crippen molar-refractivity contribution in [3.05, 3.63) is 66.2 Å². The van der Waals surface area contributed by atoms with Crippen molar-refractivity contribution in [1.82, 2.24) is 0 Å². The highest BCUT2D eigenvalue weighted by atomic mass is 16.5. The molecule has 0 aliphatic carbocycles. The van der Waals surface area contributed by atoms with Crippen molar-refractivity contribution in [2.75, 3.05) is 18.5 Å². The first-order valence-electron chi connectivity index (χ1n) is 8.80. The van der Waals surface area contributed by atoms with E-state index in [-0.39, 0.29) is 12.5 Å². The maximum Gasteiger partial charge on any atom is 0.262 e. The highest BCUT2D eigenvalue weighted by Gasteiger charge is 2.07. The summed E-state index contributed by atoms with van der Waals surface area (Å²) in [6.07, 6.45) is 0.962. The number of nitrogens with one attached hydrogen (secondary N) is 1. The smallest absolute Gasteiger partial charge is 0.262 e. The summed E-state index contributed by atoms with van der Waals surface area (Å²) < 4.78 is 11.2. The van der Waals surface area contributed by atoms with Crippen molar-refractivity contribution >= 4 is 22.4 Å². The fraction of sp³-hybridized carbons (Fsp3) is 0.227. The maximum atomic E-state index is 12.2. The second-order valence-corrected chi connectivity index (χ2v) is 6.17. The van der Waals surface area contributed by atoms with Crippen molar-refractivity contribution in [1.29, 1.82) is 0 Å². The number of aryl methyl sites for hydroxylation is 1. The molecule has 0 radical (unpaired) electrons. The van der Waals surface area contributed by atoms with Gasteiger partial charge in [-0.1, -0.05) is 37.3 Å². The van der Waals surface area contributed by atoms with Gasteiger partial charge in [-0.15, -0.1) is 0 Å². The topological polar surface area (TPSA) is 47.6 Å². The molecular weight excluding hydrogens is 326 g/mol. The summed E-state index contributed by atoms with van der Waals surface area (Å²) in [6, 6.07) is 19.5. The SMILES string of the molecule is CCCOc1ccc(NC(=O)COc2ccc3ccccc3c2)c(C)c1. The number of anilines is 1. The molecule has 0 spiro atoms. The molecular formula is C22H23NO3. The van der Waals surface area contributed by atoms with Crippen LogP contribution in [0.1, 0.15) is 18.9 Å². The molecule has 4 heteroatoms. The number of rotatable bonds is 7. The zero-order valence-corrected chi connectivity index (χ0v) is 15.1. The van der Waals surface area contributed by atoms with Crippen LogP contribution in [0.5, 0.6) is 11.5 Å². The fourth-order valence-electron chi connectivity index (χ4n) is 2.68. The van der Waals surface area contributed by atoms with Gasteiger partial charge in [0.05, 0.1) is 6.61 Å². The summed E-state index contributed by atoms with van der Waals surface area (Å²) in [7, 11) is 0. The van der Waals surface area contributed by atoms with E-state index >= 15 is 0 Å². The summed E-state index contributed by atoms with van der Waals surface area (Å²) >= 11 is 0. The minimum atomic E-state index is -0.191. The van der Waals surface area contributed by atoms with Gasteiger partial charge in [0.2, 0.25) is 0 Å². The fourth-order valence-corrected chi connectivity index (χ4v) is 2.68. The molecule has 0 aliphatic heterocycles. The van der Waals surface area contributed by atoms with E-state index in [1.165, 1.54) is 0 Å². The largest absolute Gasteiger partial charge is 0.494 e. The average molecular weight is 349 g/mol. The zero-order chi connectivity index (χ0) is 18.4. The molecule has 3 aromatic carbocycles. The third kappa shape index (κ3) is 4.54. The molecule has 0 saturated heterocycles. The van der Waals surface area contributed by atoms with Gasteiger partial charge in [-0.2, -0.15) is 0 Å². The van der Waals surface area contributed by atoms with Gasteiger partial charge >= 0.3 is 0 Å². The lowest BCUT2D eigenvalue weighted by atomic mass is 10.1. The van der Waals surface area contributed by atoms with Gasteiger partial charge in [-0.05, 0) is 60.0 Å². The van der Waals surface area contributed by atoms with Crippen LogP contribution in [-0.4, -0.2) is 19.1 Å². The highest BCUT2D eigenvalue weighted by Crippen LogP contribution is 2.22. The Bertz CT molecular complexity index is 905. The van der Waals surface area contributed by atoms with Crippen LogP contribution in [0.25, 0.3) is 10.8 Å². The van der Waals surface area contributed by atoms with Crippen LogP contribution in [0.2, 0.25) is 0 Å². The van der Waals surface area contributed by atoms with Crippen LogP contribution in [0, 0.1) is 6.92 Å². The van der Waals surface area contributed by atoms with Gasteiger partial charge in [0.25, 0.3) is 5.91 Å². The first kappa shape index (κ1) is 17.8. The highest BCUT2D eigenvalue weighted by molar-refractivity contribution is 5.92. The molecule has 134 valence electrons. The molecule has 0 saturated carbocycles. The molecule has 3 aromatic rings. The lowest BCUT2D eigenvalue weighted by molar-refractivity contribution is -0.118. The van der Waals surface area contributed by atoms with E-state index in [2.05, 4.69) is 12.2 Å². The lowest BCUT2D eigenvalue weighted by Crippen LogP contribution is -2.20. The molecule has 0 unspecified atom stereocenters. The van der Waals surface area contributed by atoms with E-state index in [4.69, 9.17) is 9.47 Å². The van der Waals surface area contributed by atoms with Gasteiger partial charge in [0.1, 0.15) is 11.5 Å². The molecule has 0 bridgehead atoms. The van der Waals surface area contributed by atoms with Gasteiger partial charge in [-0.25, -0.2) is 0 Å². The van der Waals surface area contributed by atoms with E-state index in [9.17, 15) is 4.79 Å². The monoisotopic (exact) mass is 349 g/mol. The van der Waals surface area contributed by atoms with Crippen molar-refractivity contribution in [2.45, 2.75) is 20.3 Å². The molecule has 0 fully saturated rings. The molecule has 0 aliphatic rings. The van der Waals surface area contributed by atoms with Crippen molar-refractivity contribution in [2.24, 2.45) is 0 Å². The molecule has 0 atom stereocenters. The van der Waals surface area contributed by atoms with E-state index < -0.39 is 0 Å². The number of ether oxygens (including phenoxy) is 2. The molecule has 26 heavy (non-hydrogen) atoms. The van der Waals surface area contributed by atoms with Crippen LogP contribution in [0.15, 0.2) is 60.7 Å². The number of amides is 1. The quantitative estimate of drug-likeness (QED) is 0.656. The van der Waals surface area contributed by atoms with E-state index in [1.807, 2.05) is 67.6 Å². The predicted molar refractivity (Wildman–Crippen MR) is 105 cm³/mol. The Balaban J connectivity index is 1.58. The first-order chi connectivity index (χ1) is 12.7. The Morgan fingerprint density at radius 3 is 2.42 bits per heavy atom. The second kappa shape index (κ2) is 8.39. The number of carbonyl (C=O) groups excluding carboxylic acids is 1. The van der Waals surface area contributed by atoms with Crippen LogP contribution in [0.4, 0.5) is 5.69 Å². The Morgan fingerprint density at radius 2 is 1.65 bits per heavy atom. The summed E-state index contributed by atoms with van der Waals surface area (Å²) in [5.74, 6) is 1.30. The molecule has 3 rings (SSSR count). The standard InChI is InChI=1S/C22H23NO3/c1-3-12-25-19-10-11-21(16(2)13-19)23-22(24)15-26-20-9-8-17-6-4-5-7-18(17)14-20/h4-11,13-14H,3,12,15H2,1-2H3,(H,23,24). The molecule has 0 aromatic heterocycles. The second-order valence-electron chi connectivity index (χ2n) is 6.17. The van der Waals surface area contributed by atoms with E-state index in [0.29, 0.717) is 12.4 Å².